The highest BCUT2D eigenvalue weighted by Crippen LogP contribution is 2.36. The molecule has 0 aromatic heterocycles. The summed E-state index contributed by atoms with van der Waals surface area (Å²) in [4.78, 5) is 19.7. The minimum Gasteiger partial charge on any atom is -0.490 e. The molecule has 0 spiro atoms. The van der Waals surface area contributed by atoms with Crippen molar-refractivity contribution in [2.45, 2.75) is 20.5 Å². The zero-order chi connectivity index (χ0) is 24.8. The molecule has 1 amide bonds. The van der Waals surface area contributed by atoms with Crippen molar-refractivity contribution >= 4 is 46.2 Å². The first kappa shape index (κ1) is 24.8. The van der Waals surface area contributed by atoms with Crippen LogP contribution in [0.3, 0.4) is 0 Å². The highest BCUT2D eigenvalue weighted by Gasteiger charge is 2.32. The van der Waals surface area contributed by atoms with Gasteiger partial charge in [-0.3, -0.25) is 9.69 Å². The number of amidine groups is 1. The number of benzene rings is 3. The van der Waals surface area contributed by atoms with Crippen LogP contribution in [-0.2, 0) is 11.4 Å². The van der Waals surface area contributed by atoms with Gasteiger partial charge >= 0.3 is 0 Å². The number of halogens is 2. The number of amides is 1. The van der Waals surface area contributed by atoms with Crippen LogP contribution in [0.2, 0.25) is 5.02 Å². The molecule has 1 aliphatic rings. The van der Waals surface area contributed by atoms with Crippen LogP contribution < -0.4 is 9.47 Å². The Labute approximate surface area is 213 Å². The van der Waals surface area contributed by atoms with Crippen molar-refractivity contribution in [3.8, 4) is 11.5 Å². The summed E-state index contributed by atoms with van der Waals surface area (Å²) in [6.07, 6.45) is 1.81. The van der Waals surface area contributed by atoms with Crippen molar-refractivity contribution in [3.05, 3.63) is 93.6 Å². The van der Waals surface area contributed by atoms with E-state index in [2.05, 4.69) is 4.99 Å². The molecule has 0 bridgehead atoms. The number of hydrogen-bond acceptors (Lipinski definition) is 5. The van der Waals surface area contributed by atoms with Gasteiger partial charge in [-0.15, -0.1) is 0 Å². The highest BCUT2D eigenvalue weighted by atomic mass is 35.5. The average molecular weight is 511 g/mol. The predicted molar refractivity (Wildman–Crippen MR) is 140 cm³/mol. The lowest BCUT2D eigenvalue weighted by atomic mass is 10.1. The van der Waals surface area contributed by atoms with E-state index in [1.165, 1.54) is 23.9 Å². The van der Waals surface area contributed by atoms with Gasteiger partial charge in [-0.2, -0.15) is 0 Å². The second-order valence-electron chi connectivity index (χ2n) is 7.59. The molecule has 1 fully saturated rings. The first-order chi connectivity index (χ1) is 17.0. The SMILES string of the molecule is CCOc1cc(/C=C2/SC(=Nc3ccc(F)cc3)N(CC)C2=O)ccc1OCc1ccc(Cl)cc1. The van der Waals surface area contributed by atoms with E-state index < -0.39 is 0 Å². The van der Waals surface area contributed by atoms with Gasteiger partial charge in [0.2, 0.25) is 0 Å². The first-order valence-electron chi connectivity index (χ1n) is 11.2. The van der Waals surface area contributed by atoms with Gasteiger partial charge in [-0.25, -0.2) is 9.38 Å². The summed E-state index contributed by atoms with van der Waals surface area (Å²) in [7, 11) is 0. The third-order valence-corrected chi connectivity index (χ3v) is 6.39. The van der Waals surface area contributed by atoms with E-state index in [0.29, 0.717) is 52.0 Å². The summed E-state index contributed by atoms with van der Waals surface area (Å²) in [5, 5.41) is 1.23. The van der Waals surface area contributed by atoms with E-state index in [0.717, 1.165) is 11.1 Å². The summed E-state index contributed by atoms with van der Waals surface area (Å²) in [5.74, 6) is 0.754. The zero-order valence-corrected chi connectivity index (χ0v) is 20.9. The fourth-order valence-corrected chi connectivity index (χ4v) is 4.58. The highest BCUT2D eigenvalue weighted by molar-refractivity contribution is 8.18. The van der Waals surface area contributed by atoms with Gasteiger partial charge in [-0.05, 0) is 91.3 Å². The molecule has 1 heterocycles. The normalized spacial score (nSPS) is 15.8. The van der Waals surface area contributed by atoms with Gasteiger partial charge in [0.05, 0.1) is 17.2 Å². The third kappa shape index (κ3) is 6.24. The van der Waals surface area contributed by atoms with E-state index in [1.54, 1.807) is 17.0 Å². The Balaban J connectivity index is 1.55. The van der Waals surface area contributed by atoms with Crippen LogP contribution in [0.1, 0.15) is 25.0 Å². The molecule has 35 heavy (non-hydrogen) atoms. The van der Waals surface area contributed by atoms with Gasteiger partial charge in [0.1, 0.15) is 12.4 Å². The van der Waals surface area contributed by atoms with Crippen molar-refractivity contribution in [2.24, 2.45) is 4.99 Å². The molecule has 0 aliphatic carbocycles. The van der Waals surface area contributed by atoms with Crippen molar-refractivity contribution in [2.75, 3.05) is 13.2 Å². The monoisotopic (exact) mass is 510 g/mol. The van der Waals surface area contributed by atoms with Gasteiger partial charge in [-0.1, -0.05) is 29.8 Å². The maximum atomic E-state index is 13.2. The van der Waals surface area contributed by atoms with Gasteiger partial charge in [0.15, 0.2) is 16.7 Å². The summed E-state index contributed by atoms with van der Waals surface area (Å²) >= 11 is 7.24. The van der Waals surface area contributed by atoms with E-state index in [4.69, 9.17) is 21.1 Å². The Morgan fingerprint density at radius 1 is 1.00 bits per heavy atom. The van der Waals surface area contributed by atoms with Crippen LogP contribution in [-0.4, -0.2) is 29.1 Å². The van der Waals surface area contributed by atoms with Crippen molar-refractivity contribution < 1.29 is 18.7 Å². The minimum absolute atomic E-state index is 0.126. The second-order valence-corrected chi connectivity index (χ2v) is 9.03. The molecule has 0 radical (unpaired) electrons. The van der Waals surface area contributed by atoms with Crippen LogP contribution >= 0.6 is 23.4 Å². The van der Waals surface area contributed by atoms with Gasteiger partial charge in [0, 0.05) is 11.6 Å². The topological polar surface area (TPSA) is 51.1 Å². The number of hydrogen-bond donors (Lipinski definition) is 0. The Bertz CT molecular complexity index is 1260. The van der Waals surface area contributed by atoms with Crippen molar-refractivity contribution in [1.29, 1.82) is 0 Å². The smallest absolute Gasteiger partial charge is 0.266 e. The van der Waals surface area contributed by atoms with Crippen molar-refractivity contribution in [1.82, 2.24) is 4.90 Å². The molecule has 0 saturated carbocycles. The Morgan fingerprint density at radius 2 is 1.74 bits per heavy atom. The Morgan fingerprint density at radius 3 is 2.43 bits per heavy atom. The molecular formula is C27H24ClFN2O3S. The third-order valence-electron chi connectivity index (χ3n) is 5.13. The number of aliphatic imine (C=N–C) groups is 1. The lowest BCUT2D eigenvalue weighted by Gasteiger charge is -2.13. The molecule has 0 N–H and O–H groups in total. The standard InChI is InChI=1S/C27H24ClFN2O3S/c1-3-31-26(32)25(35-27(31)30-22-12-10-21(29)11-13-22)16-19-7-14-23(24(15-19)33-4-2)34-17-18-5-8-20(28)9-6-18/h5-16H,3-4,17H2,1-2H3/b25-16+,30-27?. The molecule has 5 nitrogen and oxygen atoms in total. The molecule has 4 rings (SSSR count). The van der Waals surface area contributed by atoms with Gasteiger partial charge < -0.3 is 9.47 Å². The lowest BCUT2D eigenvalue weighted by molar-refractivity contribution is -0.122. The van der Waals surface area contributed by atoms with Crippen LogP contribution in [0.15, 0.2) is 76.6 Å². The molecule has 1 saturated heterocycles. The summed E-state index contributed by atoms with van der Waals surface area (Å²) < 4.78 is 25.0. The predicted octanol–water partition coefficient (Wildman–Crippen LogP) is 7.08. The maximum absolute atomic E-state index is 13.2. The van der Waals surface area contributed by atoms with E-state index in [-0.39, 0.29) is 11.7 Å². The summed E-state index contributed by atoms with van der Waals surface area (Å²) in [5.41, 5.74) is 2.38. The molecule has 8 heteroatoms. The van der Waals surface area contributed by atoms with Crippen LogP contribution in [0.25, 0.3) is 6.08 Å². The lowest BCUT2D eigenvalue weighted by Crippen LogP contribution is -2.28. The fraction of sp³-hybridized carbons (Fsp3) is 0.185. The molecule has 3 aromatic rings. The van der Waals surface area contributed by atoms with Crippen molar-refractivity contribution in [3.63, 3.8) is 0 Å². The van der Waals surface area contributed by atoms with E-state index >= 15 is 0 Å². The van der Waals surface area contributed by atoms with E-state index in [1.807, 2.05) is 62.4 Å². The van der Waals surface area contributed by atoms with Crippen LogP contribution in [0.5, 0.6) is 11.5 Å². The molecule has 0 unspecified atom stereocenters. The summed E-state index contributed by atoms with van der Waals surface area (Å²) in [6, 6.07) is 18.9. The number of rotatable bonds is 8. The number of thioether (sulfide) groups is 1. The molecular weight excluding hydrogens is 487 g/mol. The van der Waals surface area contributed by atoms with Gasteiger partial charge in [0.25, 0.3) is 5.91 Å². The Kier molecular flexibility index (Phi) is 8.10. The van der Waals surface area contributed by atoms with Crippen LogP contribution in [0, 0.1) is 5.82 Å². The molecule has 180 valence electrons. The number of carbonyl (C=O) groups is 1. The average Bonchev–Trinajstić information content (AvgIpc) is 3.14. The maximum Gasteiger partial charge on any atom is 0.266 e. The van der Waals surface area contributed by atoms with Crippen LogP contribution in [0.4, 0.5) is 10.1 Å². The summed E-state index contributed by atoms with van der Waals surface area (Å²) in [6.45, 7) is 5.12. The van der Waals surface area contributed by atoms with E-state index in [9.17, 15) is 9.18 Å². The molecule has 3 aromatic carbocycles. The largest absolute Gasteiger partial charge is 0.490 e. The number of ether oxygens (including phenoxy) is 2. The number of carbonyl (C=O) groups excluding carboxylic acids is 1. The Hall–Kier alpha value is -3.29. The fourth-order valence-electron chi connectivity index (χ4n) is 3.39. The number of nitrogens with zero attached hydrogens (tertiary/aromatic N) is 2. The molecule has 1 aliphatic heterocycles. The molecule has 0 atom stereocenters. The zero-order valence-electron chi connectivity index (χ0n) is 19.3. The quantitative estimate of drug-likeness (QED) is 0.304. The second kappa shape index (κ2) is 11.4. The minimum atomic E-state index is -0.331. The first-order valence-corrected chi connectivity index (χ1v) is 12.4. The number of likely N-dealkylation sites (N-methyl/N-ethyl adjacent to an activating group) is 1.